The van der Waals surface area contributed by atoms with Crippen LogP contribution in [0, 0.1) is 0 Å². The van der Waals surface area contributed by atoms with E-state index in [-0.39, 0.29) is 29.8 Å². The van der Waals surface area contributed by atoms with Crippen LogP contribution in [-0.4, -0.2) is 82.8 Å². The van der Waals surface area contributed by atoms with Gasteiger partial charge in [-0.1, -0.05) is 12.1 Å². The fourth-order valence-electron chi connectivity index (χ4n) is 3.00. The average molecular weight is 402 g/mol. The van der Waals surface area contributed by atoms with E-state index in [1.54, 1.807) is 30.1 Å². The van der Waals surface area contributed by atoms with Crippen molar-refractivity contribution in [1.29, 1.82) is 0 Å². The van der Waals surface area contributed by atoms with E-state index in [1.165, 1.54) is 6.07 Å². The van der Waals surface area contributed by atoms with Crippen molar-refractivity contribution in [3.05, 3.63) is 29.8 Å². The zero-order valence-electron chi connectivity index (χ0n) is 14.6. The van der Waals surface area contributed by atoms with E-state index in [1.807, 2.05) is 0 Å². The Morgan fingerprint density at radius 3 is 2.73 bits per heavy atom. The number of hydrogen-bond donors (Lipinski definition) is 2. The summed E-state index contributed by atoms with van der Waals surface area (Å²) in [4.78, 5) is 16.2. The van der Waals surface area contributed by atoms with Gasteiger partial charge in [0.1, 0.15) is 4.90 Å². The largest absolute Gasteiger partial charge is 0.353 e. The van der Waals surface area contributed by atoms with Gasteiger partial charge < -0.3 is 15.5 Å². The van der Waals surface area contributed by atoms with Crippen LogP contribution in [0.3, 0.4) is 0 Å². The van der Waals surface area contributed by atoms with Crippen LogP contribution in [0.5, 0.6) is 0 Å². The molecule has 0 bridgehead atoms. The molecule has 8 nitrogen and oxygen atoms in total. The molecule has 2 heterocycles. The lowest BCUT2D eigenvalue weighted by atomic mass is 10.2. The Balaban J connectivity index is 0.00000243. The standard InChI is InChI=1S/C16H23N5O3S.ClH/c1-20(12-15(22)18-8-11-21-9-6-17-7-10-21)16-13-4-2-3-5-14(13)25(23,24)19-16;/h2-5,17H,6-12H2,1H3,(H,18,22);1H. The Labute approximate surface area is 160 Å². The molecule has 144 valence electrons. The zero-order valence-corrected chi connectivity index (χ0v) is 16.3. The van der Waals surface area contributed by atoms with Crippen LogP contribution < -0.4 is 10.6 Å². The molecule has 0 aliphatic carbocycles. The summed E-state index contributed by atoms with van der Waals surface area (Å²) in [6.07, 6.45) is 0. The van der Waals surface area contributed by atoms with E-state index in [4.69, 9.17) is 0 Å². The van der Waals surface area contributed by atoms with Crippen LogP contribution in [0.2, 0.25) is 0 Å². The van der Waals surface area contributed by atoms with Gasteiger partial charge in [-0.3, -0.25) is 9.69 Å². The molecule has 10 heteroatoms. The molecular weight excluding hydrogens is 378 g/mol. The van der Waals surface area contributed by atoms with Gasteiger partial charge in [0.15, 0.2) is 5.84 Å². The second kappa shape index (κ2) is 8.81. The monoisotopic (exact) mass is 401 g/mol. The van der Waals surface area contributed by atoms with Crippen LogP contribution in [0.25, 0.3) is 0 Å². The maximum Gasteiger partial charge on any atom is 0.285 e. The van der Waals surface area contributed by atoms with E-state index in [2.05, 4.69) is 19.9 Å². The number of fused-ring (bicyclic) bond motifs is 1. The third-order valence-electron chi connectivity index (χ3n) is 4.31. The second-order valence-corrected chi connectivity index (χ2v) is 7.76. The molecule has 0 aromatic heterocycles. The number of amidine groups is 1. The van der Waals surface area contributed by atoms with Crippen molar-refractivity contribution in [1.82, 2.24) is 20.4 Å². The number of carbonyl (C=O) groups excluding carboxylic acids is 1. The van der Waals surface area contributed by atoms with Crippen LogP contribution in [-0.2, 0) is 14.8 Å². The predicted octanol–water partition coefficient (Wildman–Crippen LogP) is -0.489. The van der Waals surface area contributed by atoms with Crippen LogP contribution >= 0.6 is 12.4 Å². The van der Waals surface area contributed by atoms with Crippen molar-refractivity contribution in [2.75, 3.05) is 52.9 Å². The first-order valence-electron chi connectivity index (χ1n) is 8.33. The van der Waals surface area contributed by atoms with E-state index in [0.717, 1.165) is 32.7 Å². The van der Waals surface area contributed by atoms with Crippen LogP contribution in [0.1, 0.15) is 5.56 Å². The van der Waals surface area contributed by atoms with Crippen molar-refractivity contribution in [2.24, 2.45) is 4.40 Å². The van der Waals surface area contributed by atoms with Gasteiger partial charge in [0, 0.05) is 51.9 Å². The molecule has 2 aliphatic rings. The Morgan fingerprint density at radius 1 is 1.31 bits per heavy atom. The number of carbonyl (C=O) groups is 1. The number of rotatable bonds is 5. The molecule has 1 amide bonds. The van der Waals surface area contributed by atoms with E-state index in [0.29, 0.717) is 17.9 Å². The normalized spacial score (nSPS) is 18.4. The van der Waals surface area contributed by atoms with Gasteiger partial charge in [-0.25, -0.2) is 0 Å². The van der Waals surface area contributed by atoms with Gasteiger partial charge in [-0.15, -0.1) is 16.8 Å². The van der Waals surface area contributed by atoms with Gasteiger partial charge in [-0.2, -0.15) is 8.42 Å². The van der Waals surface area contributed by atoms with E-state index in [9.17, 15) is 13.2 Å². The highest BCUT2D eigenvalue weighted by Gasteiger charge is 2.30. The summed E-state index contributed by atoms with van der Waals surface area (Å²) >= 11 is 0. The highest BCUT2D eigenvalue weighted by atomic mass is 35.5. The molecule has 1 aromatic carbocycles. The molecule has 1 aromatic rings. The maximum atomic E-state index is 12.1. The maximum absolute atomic E-state index is 12.1. The topological polar surface area (TPSA) is 94.1 Å². The number of hydrogen-bond acceptors (Lipinski definition) is 6. The first-order chi connectivity index (χ1) is 12.0. The number of benzene rings is 1. The third-order valence-corrected chi connectivity index (χ3v) is 5.64. The molecule has 3 rings (SSSR count). The predicted molar refractivity (Wildman–Crippen MR) is 102 cm³/mol. The fraction of sp³-hybridized carbons (Fsp3) is 0.500. The Bertz CT molecular complexity index is 778. The minimum atomic E-state index is -3.67. The lowest BCUT2D eigenvalue weighted by Gasteiger charge is -2.27. The Morgan fingerprint density at radius 2 is 2.00 bits per heavy atom. The zero-order chi connectivity index (χ0) is 17.9. The Kier molecular flexibility index (Phi) is 6.99. The molecule has 0 unspecified atom stereocenters. The number of nitrogens with one attached hydrogen (secondary N) is 2. The first-order valence-corrected chi connectivity index (χ1v) is 9.77. The average Bonchev–Trinajstić information content (AvgIpc) is 2.88. The summed E-state index contributed by atoms with van der Waals surface area (Å²) in [6.45, 7) is 5.38. The number of piperazine rings is 1. The molecule has 2 N–H and O–H groups in total. The summed E-state index contributed by atoms with van der Waals surface area (Å²) in [7, 11) is -1.99. The lowest BCUT2D eigenvalue weighted by Crippen LogP contribution is -2.47. The molecule has 0 atom stereocenters. The smallest absolute Gasteiger partial charge is 0.285 e. The van der Waals surface area contributed by atoms with Crippen LogP contribution in [0.4, 0.5) is 0 Å². The lowest BCUT2D eigenvalue weighted by molar-refractivity contribution is -0.121. The summed E-state index contributed by atoms with van der Waals surface area (Å²) in [5, 5.41) is 6.17. The van der Waals surface area contributed by atoms with Crippen molar-refractivity contribution in [3.8, 4) is 0 Å². The van der Waals surface area contributed by atoms with Gasteiger partial charge >= 0.3 is 0 Å². The van der Waals surface area contributed by atoms with Crippen molar-refractivity contribution in [3.63, 3.8) is 0 Å². The minimum Gasteiger partial charge on any atom is -0.353 e. The minimum absolute atomic E-state index is 0. The highest BCUT2D eigenvalue weighted by molar-refractivity contribution is 7.90. The van der Waals surface area contributed by atoms with Crippen molar-refractivity contribution < 1.29 is 13.2 Å². The summed E-state index contributed by atoms with van der Waals surface area (Å²) in [5.41, 5.74) is 0.540. The summed E-state index contributed by atoms with van der Waals surface area (Å²) in [5.74, 6) is 0.162. The first kappa shape index (κ1) is 20.6. The fourth-order valence-corrected chi connectivity index (χ4v) is 4.25. The van der Waals surface area contributed by atoms with Gasteiger partial charge in [-0.05, 0) is 12.1 Å². The molecule has 0 spiro atoms. The molecule has 0 saturated carbocycles. The third kappa shape index (κ3) is 4.73. The van der Waals surface area contributed by atoms with Crippen molar-refractivity contribution in [2.45, 2.75) is 4.90 Å². The summed E-state index contributed by atoms with van der Waals surface area (Å²) < 4.78 is 28.0. The Hall–Kier alpha value is -1.68. The molecular formula is C16H24ClN5O3S. The quantitative estimate of drug-likeness (QED) is 0.691. The number of sulfonamides is 1. The SMILES string of the molecule is CN(CC(=O)NCCN1CCNCC1)C1=NS(=O)(=O)c2ccccc21.Cl. The number of likely N-dealkylation sites (N-methyl/N-ethyl adjacent to an activating group) is 1. The summed E-state index contributed by atoms with van der Waals surface area (Å²) in [6, 6.07) is 6.66. The second-order valence-electron chi connectivity index (χ2n) is 6.18. The van der Waals surface area contributed by atoms with Crippen LogP contribution in [0.15, 0.2) is 33.6 Å². The van der Waals surface area contributed by atoms with E-state index < -0.39 is 10.0 Å². The van der Waals surface area contributed by atoms with Gasteiger partial charge in [0.05, 0.1) is 6.54 Å². The van der Waals surface area contributed by atoms with E-state index >= 15 is 0 Å². The molecule has 0 radical (unpaired) electrons. The highest BCUT2D eigenvalue weighted by Crippen LogP contribution is 2.26. The number of amides is 1. The number of halogens is 1. The molecule has 26 heavy (non-hydrogen) atoms. The van der Waals surface area contributed by atoms with Crippen molar-refractivity contribution >= 4 is 34.2 Å². The molecule has 1 saturated heterocycles. The van der Waals surface area contributed by atoms with Gasteiger partial charge in [0.25, 0.3) is 10.0 Å². The number of nitrogens with zero attached hydrogens (tertiary/aromatic N) is 3. The molecule has 1 fully saturated rings. The molecule has 2 aliphatic heterocycles. The van der Waals surface area contributed by atoms with Gasteiger partial charge in [0.2, 0.25) is 5.91 Å².